The van der Waals surface area contributed by atoms with Crippen LogP contribution in [0.2, 0.25) is 0 Å². The van der Waals surface area contributed by atoms with Gasteiger partial charge in [0.15, 0.2) is 0 Å². The minimum atomic E-state index is -0.171. The number of hydrogen-bond acceptors (Lipinski definition) is 5. The molecular formula is C27H28N2O4S. The van der Waals surface area contributed by atoms with Crippen molar-refractivity contribution in [2.75, 3.05) is 27.4 Å². The zero-order chi connectivity index (χ0) is 23.7. The summed E-state index contributed by atoms with van der Waals surface area (Å²) in [6.45, 7) is 1.03. The molecule has 6 nitrogen and oxygen atoms in total. The van der Waals surface area contributed by atoms with Gasteiger partial charge in [0, 0.05) is 36.8 Å². The molecular weight excluding hydrogens is 448 g/mol. The first-order chi connectivity index (χ1) is 16.6. The third kappa shape index (κ3) is 3.89. The second-order valence-electron chi connectivity index (χ2n) is 8.64. The summed E-state index contributed by atoms with van der Waals surface area (Å²) in [5, 5.41) is 2.87. The van der Waals surface area contributed by atoms with Crippen LogP contribution in [-0.2, 0) is 4.74 Å². The van der Waals surface area contributed by atoms with Gasteiger partial charge in [0.1, 0.15) is 5.75 Å². The first kappa shape index (κ1) is 22.6. The molecule has 1 saturated carbocycles. The Bertz CT molecular complexity index is 1400. The van der Waals surface area contributed by atoms with Crippen molar-refractivity contribution in [1.82, 2.24) is 9.30 Å². The van der Waals surface area contributed by atoms with E-state index in [4.69, 9.17) is 9.47 Å². The number of carbonyl (C=O) groups is 1. The van der Waals surface area contributed by atoms with Crippen LogP contribution < -0.4 is 10.3 Å². The maximum atomic E-state index is 13.9. The predicted molar refractivity (Wildman–Crippen MR) is 136 cm³/mol. The molecule has 1 aliphatic rings. The van der Waals surface area contributed by atoms with E-state index in [1.165, 1.54) is 0 Å². The van der Waals surface area contributed by atoms with Crippen molar-refractivity contribution in [1.29, 1.82) is 0 Å². The Labute approximate surface area is 202 Å². The van der Waals surface area contributed by atoms with E-state index < -0.39 is 0 Å². The molecule has 0 atom stereocenters. The van der Waals surface area contributed by atoms with Crippen LogP contribution in [0.5, 0.6) is 5.75 Å². The standard InChI is InChI=1S/C27H28N2O4S/c1-32-15-14-28(18-7-3-4-8-18)27(31)22-17-29-23(25-20(22)13-16-34-25)12-11-21(26(29)30)19-9-5-6-10-24(19)33-2/h5-6,9-13,16-18H,3-4,7-8,14-15H2,1-2H3. The highest BCUT2D eigenvalue weighted by Crippen LogP contribution is 2.33. The number of ether oxygens (including phenoxy) is 2. The summed E-state index contributed by atoms with van der Waals surface area (Å²) in [4.78, 5) is 29.6. The van der Waals surface area contributed by atoms with Gasteiger partial charge in [-0.05, 0) is 42.5 Å². The quantitative estimate of drug-likeness (QED) is 0.367. The van der Waals surface area contributed by atoms with Crippen LogP contribution in [0, 0.1) is 0 Å². The van der Waals surface area contributed by atoms with E-state index in [1.54, 1.807) is 36.2 Å². The molecule has 7 heteroatoms. The fraction of sp³-hybridized carbons (Fsp3) is 0.333. The fourth-order valence-corrected chi connectivity index (χ4v) is 5.97. The molecule has 0 radical (unpaired) electrons. The fourth-order valence-electron chi connectivity index (χ4n) is 5.04. The smallest absolute Gasteiger partial charge is 0.263 e. The van der Waals surface area contributed by atoms with Gasteiger partial charge in [-0.15, -0.1) is 11.3 Å². The molecule has 176 valence electrons. The molecule has 0 N–H and O–H groups in total. The van der Waals surface area contributed by atoms with Gasteiger partial charge in [0.2, 0.25) is 0 Å². The van der Waals surface area contributed by atoms with Crippen molar-refractivity contribution in [2.45, 2.75) is 31.7 Å². The summed E-state index contributed by atoms with van der Waals surface area (Å²) in [5.74, 6) is 0.601. The average molecular weight is 477 g/mol. The Hall–Kier alpha value is -3.16. The number of pyridine rings is 2. The van der Waals surface area contributed by atoms with Crippen LogP contribution in [0.3, 0.4) is 0 Å². The first-order valence-electron chi connectivity index (χ1n) is 11.6. The van der Waals surface area contributed by atoms with Crippen LogP contribution >= 0.6 is 11.3 Å². The SMILES string of the molecule is COCCN(C(=O)c1cn2c(=O)c(-c3ccccc3OC)ccc2c2sccc12)C1CCCC1. The van der Waals surface area contributed by atoms with Crippen LogP contribution in [0.1, 0.15) is 36.0 Å². The Balaban J connectivity index is 1.69. The Morgan fingerprint density at radius 1 is 1.09 bits per heavy atom. The van der Waals surface area contributed by atoms with Crippen LogP contribution in [0.25, 0.3) is 26.7 Å². The van der Waals surface area contributed by atoms with E-state index in [0.717, 1.165) is 46.8 Å². The zero-order valence-electron chi connectivity index (χ0n) is 19.5. The highest BCUT2D eigenvalue weighted by Gasteiger charge is 2.29. The Morgan fingerprint density at radius 3 is 2.65 bits per heavy atom. The number of hydrogen-bond donors (Lipinski definition) is 0. The number of thiophene rings is 1. The number of rotatable bonds is 7. The molecule has 1 amide bonds. The summed E-state index contributed by atoms with van der Waals surface area (Å²) >= 11 is 1.55. The largest absolute Gasteiger partial charge is 0.496 e. The molecule has 0 saturated heterocycles. The number of fused-ring (bicyclic) bond motifs is 3. The molecule has 3 aromatic heterocycles. The molecule has 34 heavy (non-hydrogen) atoms. The van der Waals surface area contributed by atoms with E-state index in [0.29, 0.717) is 30.0 Å². The summed E-state index contributed by atoms with van der Waals surface area (Å²) < 4.78 is 13.4. The van der Waals surface area contributed by atoms with E-state index >= 15 is 0 Å². The van der Waals surface area contributed by atoms with Crippen molar-refractivity contribution in [3.05, 3.63) is 70.0 Å². The summed E-state index contributed by atoms with van der Waals surface area (Å²) in [6.07, 6.45) is 6.01. The molecule has 0 aliphatic heterocycles. The summed E-state index contributed by atoms with van der Waals surface area (Å²) in [6, 6.07) is 13.5. The molecule has 0 unspecified atom stereocenters. The normalized spacial score (nSPS) is 14.2. The number of benzene rings is 1. The van der Waals surface area contributed by atoms with E-state index in [-0.39, 0.29) is 17.5 Å². The highest BCUT2D eigenvalue weighted by atomic mass is 32.1. The first-order valence-corrected chi connectivity index (χ1v) is 12.5. The van der Waals surface area contributed by atoms with Gasteiger partial charge >= 0.3 is 0 Å². The summed E-state index contributed by atoms with van der Waals surface area (Å²) in [5.41, 5.74) is 2.46. The Morgan fingerprint density at radius 2 is 1.88 bits per heavy atom. The Kier molecular flexibility index (Phi) is 6.39. The number of nitrogens with zero attached hydrogens (tertiary/aromatic N) is 2. The van der Waals surface area contributed by atoms with Gasteiger partial charge in [-0.2, -0.15) is 0 Å². The van der Waals surface area contributed by atoms with Crippen LogP contribution in [0.4, 0.5) is 0 Å². The molecule has 0 spiro atoms. The van der Waals surface area contributed by atoms with Gasteiger partial charge in [-0.3, -0.25) is 14.0 Å². The second kappa shape index (κ2) is 9.60. The zero-order valence-corrected chi connectivity index (χ0v) is 20.3. The predicted octanol–water partition coefficient (Wildman–Crippen LogP) is 5.22. The maximum absolute atomic E-state index is 13.9. The molecule has 3 heterocycles. The second-order valence-corrected chi connectivity index (χ2v) is 9.56. The molecule has 1 aromatic carbocycles. The summed E-state index contributed by atoms with van der Waals surface area (Å²) in [7, 11) is 3.25. The number of aromatic nitrogens is 1. The maximum Gasteiger partial charge on any atom is 0.263 e. The van der Waals surface area contributed by atoms with Gasteiger partial charge in [-0.25, -0.2) is 0 Å². The molecule has 5 rings (SSSR count). The number of methoxy groups -OCH3 is 2. The number of amides is 1. The van der Waals surface area contributed by atoms with Gasteiger partial charge in [0.05, 0.1) is 35.1 Å². The van der Waals surface area contributed by atoms with Crippen molar-refractivity contribution >= 4 is 32.8 Å². The van der Waals surface area contributed by atoms with Crippen LogP contribution in [-0.4, -0.2) is 48.6 Å². The topological polar surface area (TPSA) is 60.2 Å². The number of carbonyl (C=O) groups excluding carboxylic acids is 1. The van der Waals surface area contributed by atoms with Crippen molar-refractivity contribution in [2.24, 2.45) is 0 Å². The average Bonchev–Trinajstić information content (AvgIpc) is 3.57. The lowest BCUT2D eigenvalue weighted by atomic mass is 10.0. The van der Waals surface area contributed by atoms with Crippen LogP contribution in [0.15, 0.2) is 58.8 Å². The molecule has 1 fully saturated rings. The number of para-hydroxylation sites is 1. The van der Waals surface area contributed by atoms with Gasteiger partial charge < -0.3 is 14.4 Å². The highest BCUT2D eigenvalue weighted by molar-refractivity contribution is 7.18. The molecule has 1 aliphatic carbocycles. The van der Waals surface area contributed by atoms with Crippen molar-refractivity contribution < 1.29 is 14.3 Å². The minimum absolute atomic E-state index is 0.0381. The third-order valence-electron chi connectivity index (χ3n) is 6.75. The lowest BCUT2D eigenvalue weighted by Crippen LogP contribution is -2.41. The van der Waals surface area contributed by atoms with Crippen molar-refractivity contribution in [3.63, 3.8) is 0 Å². The monoisotopic (exact) mass is 476 g/mol. The molecule has 4 aromatic rings. The third-order valence-corrected chi connectivity index (χ3v) is 7.69. The lowest BCUT2D eigenvalue weighted by molar-refractivity contribution is 0.0607. The van der Waals surface area contributed by atoms with E-state index in [2.05, 4.69) is 0 Å². The molecule has 0 bridgehead atoms. The van der Waals surface area contributed by atoms with Crippen molar-refractivity contribution in [3.8, 4) is 16.9 Å². The van der Waals surface area contributed by atoms with Gasteiger partial charge in [0.25, 0.3) is 11.5 Å². The van der Waals surface area contributed by atoms with E-state index in [9.17, 15) is 9.59 Å². The van der Waals surface area contributed by atoms with Gasteiger partial charge in [-0.1, -0.05) is 31.0 Å². The lowest BCUT2D eigenvalue weighted by Gasteiger charge is -2.29. The minimum Gasteiger partial charge on any atom is -0.496 e. The van der Waals surface area contributed by atoms with E-state index in [1.807, 2.05) is 52.7 Å².